The molecule has 6 heteroatoms. The van der Waals surface area contributed by atoms with E-state index < -0.39 is 0 Å². The van der Waals surface area contributed by atoms with E-state index in [4.69, 9.17) is 0 Å². The molecule has 0 amide bonds. The van der Waals surface area contributed by atoms with Gasteiger partial charge >= 0.3 is 0 Å². The number of hydrogen-bond donors (Lipinski definition) is 2. The molecule has 0 atom stereocenters. The Labute approximate surface area is 154 Å². The molecule has 0 saturated heterocycles. The van der Waals surface area contributed by atoms with Crippen molar-refractivity contribution in [3.05, 3.63) is 77.4 Å². The van der Waals surface area contributed by atoms with Crippen LogP contribution < -0.4 is 4.72 Å². The van der Waals surface area contributed by atoms with Crippen LogP contribution in [0, 0.1) is 0 Å². The lowest BCUT2D eigenvalue weighted by molar-refractivity contribution is 0.975. The molecule has 4 rings (SSSR count). The number of H-pyrrole nitrogens is 1. The molecule has 25 heavy (non-hydrogen) atoms. The lowest BCUT2D eigenvalue weighted by Gasteiger charge is -2.07. The molecule has 2 N–H and O–H groups in total. The normalized spacial score (nSPS) is 10.9. The first-order valence-corrected chi connectivity index (χ1v) is 9.61. The topological polar surface area (TPSA) is 53.6 Å². The minimum absolute atomic E-state index is 0.799. The zero-order chi connectivity index (χ0) is 16.9. The quantitative estimate of drug-likeness (QED) is 0.473. The minimum atomic E-state index is 0.799. The number of hydrogen-bond acceptors (Lipinski definition) is 5. The summed E-state index contributed by atoms with van der Waals surface area (Å²) < 4.78 is 3.41. The summed E-state index contributed by atoms with van der Waals surface area (Å²) in [5.41, 5.74) is 5.58. The summed E-state index contributed by atoms with van der Waals surface area (Å²) in [5, 5.41) is 11.6. The molecular formula is C19H16N4S2. The monoisotopic (exact) mass is 364 g/mol. The number of nitrogens with one attached hydrogen (secondary N) is 2. The van der Waals surface area contributed by atoms with E-state index in [2.05, 4.69) is 61.0 Å². The Hall–Kier alpha value is -2.41. The zero-order valence-corrected chi connectivity index (χ0v) is 15.0. The van der Waals surface area contributed by atoms with Crippen molar-refractivity contribution in [1.82, 2.24) is 19.9 Å². The number of nitrogens with zero attached hydrogens (tertiary/aromatic N) is 2. The SMILES string of the molecule is c1cc(CNSc2ccsc2)cc(-c2[nH]ncc2-c2ccncc2)c1. The standard InChI is InChI=1S/C19H16N4S2/c1-2-14(11-22-25-17-6-9-24-13-17)10-16(3-1)19-18(12-21-23-19)15-4-7-20-8-5-15/h1-10,12-13,22H,11H2,(H,21,23). The second kappa shape index (κ2) is 7.65. The van der Waals surface area contributed by atoms with Gasteiger partial charge in [-0.25, -0.2) is 0 Å². The van der Waals surface area contributed by atoms with E-state index in [9.17, 15) is 0 Å². The van der Waals surface area contributed by atoms with Crippen LogP contribution in [0.1, 0.15) is 5.56 Å². The van der Waals surface area contributed by atoms with Crippen molar-refractivity contribution >= 4 is 23.3 Å². The second-order valence-corrected chi connectivity index (χ2v) is 7.22. The Kier molecular flexibility index (Phi) is 4.92. The van der Waals surface area contributed by atoms with Gasteiger partial charge < -0.3 is 0 Å². The van der Waals surface area contributed by atoms with E-state index in [1.54, 1.807) is 35.7 Å². The van der Waals surface area contributed by atoms with E-state index in [1.165, 1.54) is 10.5 Å². The van der Waals surface area contributed by atoms with Crippen molar-refractivity contribution in [2.75, 3.05) is 0 Å². The fourth-order valence-corrected chi connectivity index (χ4v) is 4.11. The maximum atomic E-state index is 4.24. The van der Waals surface area contributed by atoms with Crippen LogP contribution in [0.5, 0.6) is 0 Å². The zero-order valence-electron chi connectivity index (χ0n) is 13.3. The molecule has 1 aromatic carbocycles. The number of aromatic nitrogens is 3. The van der Waals surface area contributed by atoms with Crippen LogP contribution in [0.4, 0.5) is 0 Å². The molecule has 4 nitrogen and oxygen atoms in total. The van der Waals surface area contributed by atoms with Crippen molar-refractivity contribution < 1.29 is 0 Å². The summed E-state index contributed by atoms with van der Waals surface area (Å²) in [5.74, 6) is 0. The van der Waals surface area contributed by atoms with Gasteiger partial charge in [-0.3, -0.25) is 14.8 Å². The van der Waals surface area contributed by atoms with Crippen LogP contribution in [0.25, 0.3) is 22.4 Å². The number of thiophene rings is 1. The molecule has 0 fully saturated rings. The van der Waals surface area contributed by atoms with E-state index in [-0.39, 0.29) is 0 Å². The Balaban J connectivity index is 1.53. The molecule has 4 aromatic rings. The van der Waals surface area contributed by atoms with Gasteiger partial charge in [-0.2, -0.15) is 16.4 Å². The molecule has 0 saturated carbocycles. The highest BCUT2D eigenvalue weighted by Crippen LogP contribution is 2.30. The van der Waals surface area contributed by atoms with E-state index in [0.717, 1.165) is 28.9 Å². The summed E-state index contributed by atoms with van der Waals surface area (Å²) in [6.07, 6.45) is 5.46. The molecule has 0 spiro atoms. The van der Waals surface area contributed by atoms with Crippen molar-refractivity contribution in [3.8, 4) is 22.4 Å². The van der Waals surface area contributed by atoms with Crippen LogP contribution in [-0.4, -0.2) is 15.2 Å². The third-order valence-corrected chi connectivity index (χ3v) is 5.42. The molecule has 0 aliphatic heterocycles. The van der Waals surface area contributed by atoms with Gasteiger partial charge in [-0.1, -0.05) is 18.2 Å². The minimum Gasteiger partial charge on any atom is -0.277 e. The van der Waals surface area contributed by atoms with Gasteiger partial charge in [0.05, 0.1) is 11.9 Å². The molecule has 0 unspecified atom stereocenters. The fourth-order valence-electron chi connectivity index (χ4n) is 2.61. The van der Waals surface area contributed by atoms with Gasteiger partial charge in [-0.05, 0) is 52.7 Å². The Morgan fingerprint density at radius 3 is 2.84 bits per heavy atom. The van der Waals surface area contributed by atoms with Crippen molar-refractivity contribution in [2.24, 2.45) is 0 Å². The van der Waals surface area contributed by atoms with E-state index >= 15 is 0 Å². The number of aromatic amines is 1. The second-order valence-electron chi connectivity index (χ2n) is 5.48. The summed E-state index contributed by atoms with van der Waals surface area (Å²) in [6, 6.07) is 14.6. The Morgan fingerprint density at radius 2 is 2.00 bits per heavy atom. The smallest absolute Gasteiger partial charge is 0.0728 e. The third kappa shape index (κ3) is 3.82. The molecule has 3 heterocycles. The first kappa shape index (κ1) is 16.1. The maximum Gasteiger partial charge on any atom is 0.0728 e. The van der Waals surface area contributed by atoms with Crippen molar-refractivity contribution in [3.63, 3.8) is 0 Å². The lowest BCUT2D eigenvalue weighted by atomic mass is 10.0. The molecule has 124 valence electrons. The first-order valence-electron chi connectivity index (χ1n) is 7.85. The fraction of sp³-hybridized carbons (Fsp3) is 0.0526. The van der Waals surface area contributed by atoms with Crippen LogP contribution >= 0.6 is 23.3 Å². The highest BCUT2D eigenvalue weighted by Gasteiger charge is 2.10. The molecule has 3 aromatic heterocycles. The highest BCUT2D eigenvalue weighted by atomic mass is 32.2. The summed E-state index contributed by atoms with van der Waals surface area (Å²) in [6.45, 7) is 0.799. The van der Waals surface area contributed by atoms with Gasteiger partial charge in [0.2, 0.25) is 0 Å². The highest BCUT2D eigenvalue weighted by molar-refractivity contribution is 7.97. The molecule has 0 radical (unpaired) electrons. The summed E-state index contributed by atoms with van der Waals surface area (Å²) >= 11 is 3.37. The number of benzene rings is 1. The van der Waals surface area contributed by atoms with Crippen LogP contribution in [0.3, 0.4) is 0 Å². The van der Waals surface area contributed by atoms with Gasteiger partial charge in [0.15, 0.2) is 0 Å². The molecule has 0 bridgehead atoms. The van der Waals surface area contributed by atoms with Crippen LogP contribution in [0.2, 0.25) is 0 Å². The average Bonchev–Trinajstić information content (AvgIpc) is 3.35. The lowest BCUT2D eigenvalue weighted by Crippen LogP contribution is -2.02. The molecule has 0 aliphatic carbocycles. The average molecular weight is 364 g/mol. The van der Waals surface area contributed by atoms with Gasteiger partial charge in [0, 0.05) is 40.3 Å². The third-order valence-electron chi connectivity index (χ3n) is 3.81. The van der Waals surface area contributed by atoms with Crippen molar-refractivity contribution in [2.45, 2.75) is 11.4 Å². The first-order chi connectivity index (χ1) is 12.4. The molecule has 0 aliphatic rings. The largest absolute Gasteiger partial charge is 0.277 e. The Bertz CT molecular complexity index is 933. The molecular weight excluding hydrogens is 348 g/mol. The van der Waals surface area contributed by atoms with Gasteiger partial charge in [0.25, 0.3) is 0 Å². The summed E-state index contributed by atoms with van der Waals surface area (Å²) in [4.78, 5) is 5.33. The Morgan fingerprint density at radius 1 is 1.08 bits per heavy atom. The predicted molar refractivity (Wildman–Crippen MR) is 104 cm³/mol. The predicted octanol–water partition coefficient (Wildman–Crippen LogP) is 5.00. The summed E-state index contributed by atoms with van der Waals surface area (Å²) in [7, 11) is 0. The van der Waals surface area contributed by atoms with Crippen molar-refractivity contribution in [1.29, 1.82) is 0 Å². The maximum absolute atomic E-state index is 4.24. The number of rotatable bonds is 6. The van der Waals surface area contributed by atoms with E-state index in [0.29, 0.717) is 0 Å². The van der Waals surface area contributed by atoms with E-state index in [1.807, 2.05) is 18.3 Å². The number of pyridine rings is 1. The van der Waals surface area contributed by atoms with Gasteiger partial charge in [-0.15, -0.1) is 0 Å². The van der Waals surface area contributed by atoms with Crippen LogP contribution in [-0.2, 0) is 6.54 Å². The van der Waals surface area contributed by atoms with Gasteiger partial charge in [0.1, 0.15) is 0 Å². The van der Waals surface area contributed by atoms with Crippen LogP contribution in [0.15, 0.2) is 76.7 Å².